The molecule has 0 N–H and O–H groups in total. The summed E-state index contributed by atoms with van der Waals surface area (Å²) in [7, 11) is 0. The zero-order valence-electron chi connectivity index (χ0n) is 16.2. The third kappa shape index (κ3) is 3.35. The number of hydrogen-bond acceptors (Lipinski definition) is 3. The number of carbonyl (C=O) groups is 1. The normalized spacial score (nSPS) is 20.2. The second kappa shape index (κ2) is 7.47. The molecule has 2 heterocycles. The molecule has 2 aliphatic rings. The molecule has 2 aromatic rings. The Labute approximate surface area is 165 Å². The van der Waals surface area contributed by atoms with Gasteiger partial charge in [-0.3, -0.25) is 4.79 Å². The number of aryl methyl sites for hydroxylation is 1. The van der Waals surface area contributed by atoms with Crippen LogP contribution in [0.25, 0.3) is 0 Å². The van der Waals surface area contributed by atoms with Gasteiger partial charge in [-0.15, -0.1) is 6.58 Å². The minimum absolute atomic E-state index is 0.0352. The molecule has 1 aliphatic heterocycles. The molecule has 0 unspecified atom stereocenters. The van der Waals surface area contributed by atoms with Gasteiger partial charge in [0.2, 0.25) is 5.95 Å². The molecule has 4 rings (SSSR count). The Balaban J connectivity index is 1.54. The van der Waals surface area contributed by atoms with Crippen LogP contribution in [-0.4, -0.2) is 35.5 Å². The summed E-state index contributed by atoms with van der Waals surface area (Å²) in [5.74, 6) is -0.750. The van der Waals surface area contributed by atoms with Gasteiger partial charge < -0.3 is 9.64 Å². The molecule has 1 aromatic carbocycles. The molecule has 0 bridgehead atoms. The quantitative estimate of drug-likeness (QED) is 0.585. The fourth-order valence-electron chi connectivity index (χ4n) is 4.65. The third-order valence-corrected chi connectivity index (χ3v) is 6.10. The fourth-order valence-corrected chi connectivity index (χ4v) is 4.65. The molecule has 1 atom stereocenters. The number of pyridine rings is 1. The zero-order chi connectivity index (χ0) is 19.7. The standard InChI is InChI=1S/C23H25FN2O2/c1-3-12-28-20-15-23(19-13-16(2)4-5-18(19)20)7-10-26(11-8-23)22(27)17-6-9-25-21(24)14-17/h3-6,9,13-14,20H,1,7-8,10-12,15H2,2H3/t20-/m1/s1. The van der Waals surface area contributed by atoms with E-state index < -0.39 is 5.95 Å². The minimum atomic E-state index is -0.623. The molecule has 28 heavy (non-hydrogen) atoms. The Kier molecular flexibility index (Phi) is 5.02. The van der Waals surface area contributed by atoms with Crippen molar-refractivity contribution >= 4 is 5.91 Å². The predicted molar refractivity (Wildman–Crippen MR) is 106 cm³/mol. The minimum Gasteiger partial charge on any atom is -0.369 e. The lowest BCUT2D eigenvalue weighted by Gasteiger charge is -2.40. The van der Waals surface area contributed by atoms with E-state index in [2.05, 4.69) is 36.7 Å². The van der Waals surface area contributed by atoms with Crippen LogP contribution in [0.15, 0.2) is 49.2 Å². The topological polar surface area (TPSA) is 42.4 Å². The van der Waals surface area contributed by atoms with Crippen LogP contribution in [0, 0.1) is 12.9 Å². The zero-order valence-corrected chi connectivity index (χ0v) is 16.2. The molecule has 1 amide bonds. The van der Waals surface area contributed by atoms with E-state index >= 15 is 0 Å². The average Bonchev–Trinajstić information content (AvgIpc) is 2.99. The lowest BCUT2D eigenvalue weighted by Crippen LogP contribution is -2.44. The summed E-state index contributed by atoms with van der Waals surface area (Å²) in [6.45, 7) is 7.72. The Hall–Kier alpha value is -2.53. The highest BCUT2D eigenvalue weighted by molar-refractivity contribution is 5.94. The van der Waals surface area contributed by atoms with Gasteiger partial charge >= 0.3 is 0 Å². The van der Waals surface area contributed by atoms with Crippen molar-refractivity contribution in [1.29, 1.82) is 0 Å². The predicted octanol–water partition coefficient (Wildman–Crippen LogP) is 4.35. The molecule has 1 spiro atoms. The van der Waals surface area contributed by atoms with E-state index in [4.69, 9.17) is 4.74 Å². The first-order valence-electron chi connectivity index (χ1n) is 9.77. The van der Waals surface area contributed by atoms with E-state index in [1.807, 2.05) is 4.90 Å². The molecule has 4 nitrogen and oxygen atoms in total. The number of fused-ring (bicyclic) bond motifs is 2. The number of benzene rings is 1. The van der Waals surface area contributed by atoms with Crippen molar-refractivity contribution < 1.29 is 13.9 Å². The van der Waals surface area contributed by atoms with Crippen LogP contribution in [0.4, 0.5) is 4.39 Å². The van der Waals surface area contributed by atoms with E-state index in [1.165, 1.54) is 29.0 Å². The van der Waals surface area contributed by atoms with Crippen LogP contribution in [0.3, 0.4) is 0 Å². The molecule has 0 saturated carbocycles. The van der Waals surface area contributed by atoms with E-state index in [0.717, 1.165) is 19.3 Å². The Morgan fingerprint density at radius 1 is 1.36 bits per heavy atom. The van der Waals surface area contributed by atoms with Crippen molar-refractivity contribution in [2.24, 2.45) is 0 Å². The second-order valence-corrected chi connectivity index (χ2v) is 7.85. The average molecular weight is 380 g/mol. The van der Waals surface area contributed by atoms with Gasteiger partial charge in [0.25, 0.3) is 5.91 Å². The molecule has 1 fully saturated rings. The number of amides is 1. The van der Waals surface area contributed by atoms with Gasteiger partial charge in [0.05, 0.1) is 12.7 Å². The summed E-state index contributed by atoms with van der Waals surface area (Å²) in [4.78, 5) is 18.1. The Morgan fingerprint density at radius 3 is 2.86 bits per heavy atom. The largest absolute Gasteiger partial charge is 0.369 e. The smallest absolute Gasteiger partial charge is 0.254 e. The van der Waals surface area contributed by atoms with Crippen LogP contribution in [0.5, 0.6) is 0 Å². The first-order valence-corrected chi connectivity index (χ1v) is 9.77. The van der Waals surface area contributed by atoms with Crippen molar-refractivity contribution in [3.8, 4) is 0 Å². The highest BCUT2D eigenvalue weighted by Crippen LogP contribution is 2.52. The Morgan fingerprint density at radius 2 is 2.14 bits per heavy atom. The van der Waals surface area contributed by atoms with Crippen LogP contribution in [-0.2, 0) is 10.2 Å². The summed E-state index contributed by atoms with van der Waals surface area (Å²) in [6, 6.07) is 9.38. The van der Waals surface area contributed by atoms with E-state index in [0.29, 0.717) is 25.3 Å². The molecule has 1 aromatic heterocycles. The maximum atomic E-state index is 13.4. The van der Waals surface area contributed by atoms with Crippen LogP contribution in [0.1, 0.15) is 52.4 Å². The summed E-state index contributed by atoms with van der Waals surface area (Å²) in [5, 5.41) is 0. The van der Waals surface area contributed by atoms with Gasteiger partial charge in [0.1, 0.15) is 0 Å². The monoisotopic (exact) mass is 380 g/mol. The molecular weight excluding hydrogens is 355 g/mol. The van der Waals surface area contributed by atoms with Gasteiger partial charge in [-0.2, -0.15) is 4.39 Å². The molecular formula is C23H25FN2O2. The lowest BCUT2D eigenvalue weighted by molar-refractivity contribution is 0.0449. The summed E-state index contributed by atoms with van der Waals surface area (Å²) >= 11 is 0. The SMILES string of the molecule is C=CCO[C@@H]1CC2(CCN(C(=O)c3ccnc(F)c3)CC2)c2cc(C)ccc21. The second-order valence-electron chi connectivity index (χ2n) is 7.85. The fraction of sp³-hybridized carbons (Fsp3) is 0.391. The maximum absolute atomic E-state index is 13.4. The molecule has 5 heteroatoms. The molecule has 1 saturated heterocycles. The Bertz CT molecular complexity index is 903. The van der Waals surface area contributed by atoms with Gasteiger partial charge in [-0.25, -0.2) is 4.98 Å². The first kappa shape index (κ1) is 18.8. The number of rotatable bonds is 4. The van der Waals surface area contributed by atoms with Crippen molar-refractivity contribution in [3.05, 3.63) is 77.4 Å². The number of piperidine rings is 1. The van der Waals surface area contributed by atoms with Crippen molar-refractivity contribution in [2.75, 3.05) is 19.7 Å². The molecule has 1 aliphatic carbocycles. The number of likely N-dealkylation sites (tertiary alicyclic amines) is 1. The third-order valence-electron chi connectivity index (χ3n) is 6.10. The van der Waals surface area contributed by atoms with E-state index in [9.17, 15) is 9.18 Å². The van der Waals surface area contributed by atoms with Gasteiger partial charge in [0.15, 0.2) is 0 Å². The van der Waals surface area contributed by atoms with Crippen LogP contribution >= 0.6 is 0 Å². The van der Waals surface area contributed by atoms with E-state index in [-0.39, 0.29) is 17.4 Å². The maximum Gasteiger partial charge on any atom is 0.254 e. The van der Waals surface area contributed by atoms with Gasteiger partial charge in [-0.05, 0) is 43.4 Å². The number of nitrogens with zero attached hydrogens (tertiary/aromatic N) is 2. The summed E-state index contributed by atoms with van der Waals surface area (Å²) < 4.78 is 19.4. The highest BCUT2D eigenvalue weighted by atomic mass is 19.1. The van der Waals surface area contributed by atoms with Crippen LogP contribution < -0.4 is 0 Å². The van der Waals surface area contributed by atoms with E-state index in [1.54, 1.807) is 12.1 Å². The number of hydrogen-bond donors (Lipinski definition) is 0. The number of ether oxygens (including phenoxy) is 1. The summed E-state index contributed by atoms with van der Waals surface area (Å²) in [6.07, 6.45) is 5.91. The number of halogens is 1. The lowest BCUT2D eigenvalue weighted by atomic mass is 9.73. The number of carbonyl (C=O) groups excluding carboxylic acids is 1. The molecule has 0 radical (unpaired) electrons. The van der Waals surface area contributed by atoms with Gasteiger partial charge in [0, 0.05) is 36.3 Å². The van der Waals surface area contributed by atoms with Crippen molar-refractivity contribution in [2.45, 2.75) is 37.7 Å². The van der Waals surface area contributed by atoms with Crippen molar-refractivity contribution in [3.63, 3.8) is 0 Å². The summed E-state index contributed by atoms with van der Waals surface area (Å²) in [5.41, 5.74) is 4.27. The number of aromatic nitrogens is 1. The molecule has 146 valence electrons. The van der Waals surface area contributed by atoms with Crippen LogP contribution in [0.2, 0.25) is 0 Å². The highest BCUT2D eigenvalue weighted by Gasteiger charge is 2.46. The van der Waals surface area contributed by atoms with Gasteiger partial charge in [-0.1, -0.05) is 29.8 Å². The van der Waals surface area contributed by atoms with Crippen molar-refractivity contribution in [1.82, 2.24) is 9.88 Å². The first-order chi connectivity index (χ1) is 13.5.